The minimum Gasteiger partial charge on any atom is -0.387 e. The Bertz CT molecular complexity index is 2030. The number of hydrogen-bond donors (Lipinski definition) is 1. The van der Waals surface area contributed by atoms with E-state index in [1.807, 2.05) is 72.1 Å². The van der Waals surface area contributed by atoms with Crippen molar-refractivity contribution in [1.82, 2.24) is 19.4 Å². The number of fused-ring (bicyclic) bond motifs is 2. The molecule has 1 saturated carbocycles. The van der Waals surface area contributed by atoms with E-state index in [1.165, 1.54) is 12.1 Å². The molecule has 42 heavy (non-hydrogen) atoms. The Morgan fingerprint density at radius 3 is 2.50 bits per heavy atom. The smallest absolute Gasteiger partial charge is 0.297 e. The topological polar surface area (TPSA) is 107 Å². The summed E-state index contributed by atoms with van der Waals surface area (Å²) in [4.78, 5) is 14.3. The van der Waals surface area contributed by atoms with Crippen LogP contribution in [0.5, 0.6) is 0 Å². The third kappa shape index (κ3) is 4.85. The van der Waals surface area contributed by atoms with E-state index in [0.29, 0.717) is 12.8 Å². The highest BCUT2D eigenvalue weighted by molar-refractivity contribution is 7.86. The fraction of sp³-hybridized carbons (Fsp3) is 0.182. The predicted molar refractivity (Wildman–Crippen MR) is 160 cm³/mol. The standard InChI is InChI=1S/C33H28N4O4S/c1-22-7-12-27(13-8-22)42(39,40)41-21-33(38)18-26(19-33)31-30-20-34-15-16-37(30)32(36-31)25-10-9-24-11-14-28(35-29(24)17-25)23-5-3-2-4-6-23/h2-17,20,26,38H,18-19,21H2,1H3. The minimum absolute atomic E-state index is 0.0723. The summed E-state index contributed by atoms with van der Waals surface area (Å²) < 4.78 is 32.6. The molecule has 0 atom stereocenters. The van der Waals surface area contributed by atoms with E-state index in [9.17, 15) is 13.5 Å². The number of aromatic nitrogens is 4. The molecular weight excluding hydrogens is 548 g/mol. The number of imidazole rings is 1. The zero-order valence-corrected chi connectivity index (χ0v) is 23.7. The first-order valence-electron chi connectivity index (χ1n) is 13.8. The van der Waals surface area contributed by atoms with Gasteiger partial charge in [-0.15, -0.1) is 0 Å². The maximum Gasteiger partial charge on any atom is 0.297 e. The van der Waals surface area contributed by atoms with Gasteiger partial charge in [0.2, 0.25) is 0 Å². The highest BCUT2D eigenvalue weighted by atomic mass is 32.2. The van der Waals surface area contributed by atoms with Crippen LogP contribution in [0.3, 0.4) is 0 Å². The van der Waals surface area contributed by atoms with E-state index in [2.05, 4.69) is 11.1 Å². The van der Waals surface area contributed by atoms with Gasteiger partial charge in [-0.2, -0.15) is 8.42 Å². The third-order valence-corrected chi connectivity index (χ3v) is 9.20. The van der Waals surface area contributed by atoms with Gasteiger partial charge in [-0.05, 0) is 44.0 Å². The molecule has 3 heterocycles. The Labute approximate surface area is 243 Å². The van der Waals surface area contributed by atoms with Crippen LogP contribution in [0, 0.1) is 6.92 Å². The Hall–Kier alpha value is -4.44. The highest BCUT2D eigenvalue weighted by Gasteiger charge is 2.46. The predicted octanol–water partition coefficient (Wildman–Crippen LogP) is 5.93. The zero-order chi connectivity index (χ0) is 28.9. The molecule has 0 radical (unpaired) electrons. The maximum atomic E-state index is 12.6. The number of pyridine rings is 1. The zero-order valence-electron chi connectivity index (χ0n) is 22.9. The molecule has 210 valence electrons. The number of hydrogen-bond acceptors (Lipinski definition) is 7. The van der Waals surface area contributed by atoms with E-state index in [4.69, 9.17) is 14.2 Å². The van der Waals surface area contributed by atoms with Gasteiger partial charge in [0.15, 0.2) is 0 Å². The summed E-state index contributed by atoms with van der Waals surface area (Å²) in [5, 5.41) is 12.1. The normalized spacial score (nSPS) is 18.8. The molecule has 1 N–H and O–H groups in total. The fourth-order valence-electron chi connectivity index (χ4n) is 5.62. The summed E-state index contributed by atoms with van der Waals surface area (Å²) in [5.74, 6) is 0.682. The molecule has 7 rings (SSSR count). The number of aliphatic hydroxyl groups is 1. The average Bonchev–Trinajstić information content (AvgIpc) is 3.38. The molecule has 0 unspecified atom stereocenters. The molecule has 8 nitrogen and oxygen atoms in total. The van der Waals surface area contributed by atoms with Gasteiger partial charge >= 0.3 is 0 Å². The Morgan fingerprint density at radius 1 is 0.952 bits per heavy atom. The monoisotopic (exact) mass is 576 g/mol. The van der Waals surface area contributed by atoms with E-state index in [0.717, 1.165) is 50.3 Å². The molecule has 1 fully saturated rings. The third-order valence-electron chi connectivity index (χ3n) is 7.93. The molecule has 3 aromatic heterocycles. The summed E-state index contributed by atoms with van der Waals surface area (Å²) in [6, 6.07) is 26.7. The second-order valence-electron chi connectivity index (χ2n) is 11.0. The molecule has 0 bridgehead atoms. The van der Waals surface area contributed by atoms with Crippen LogP contribution >= 0.6 is 0 Å². The van der Waals surface area contributed by atoms with Crippen LogP contribution < -0.4 is 0 Å². The summed E-state index contributed by atoms with van der Waals surface area (Å²) in [6.45, 7) is 1.57. The summed E-state index contributed by atoms with van der Waals surface area (Å²) in [7, 11) is -3.97. The first kappa shape index (κ1) is 26.5. The molecule has 1 aliphatic carbocycles. The lowest BCUT2D eigenvalue weighted by atomic mass is 9.70. The van der Waals surface area contributed by atoms with Crippen molar-refractivity contribution in [2.75, 3.05) is 6.61 Å². The van der Waals surface area contributed by atoms with Crippen LogP contribution in [-0.4, -0.2) is 45.1 Å². The van der Waals surface area contributed by atoms with E-state index in [-0.39, 0.29) is 17.4 Å². The number of rotatable bonds is 7. The molecule has 0 spiro atoms. The number of nitrogens with zero attached hydrogens (tertiary/aromatic N) is 4. The van der Waals surface area contributed by atoms with Crippen molar-refractivity contribution in [3.8, 4) is 22.6 Å². The fourth-order valence-corrected chi connectivity index (χ4v) is 6.60. The Kier molecular flexibility index (Phi) is 6.38. The van der Waals surface area contributed by atoms with Crippen LogP contribution in [0.4, 0.5) is 0 Å². The largest absolute Gasteiger partial charge is 0.387 e. The highest BCUT2D eigenvalue weighted by Crippen LogP contribution is 2.46. The van der Waals surface area contributed by atoms with Gasteiger partial charge in [-0.3, -0.25) is 13.6 Å². The van der Waals surface area contributed by atoms with E-state index in [1.54, 1.807) is 24.5 Å². The summed E-state index contributed by atoms with van der Waals surface area (Å²) in [6.07, 6.45) is 6.03. The lowest BCUT2D eigenvalue weighted by molar-refractivity contribution is -0.0788. The Balaban J connectivity index is 1.15. The lowest BCUT2D eigenvalue weighted by Crippen LogP contribution is -2.47. The molecule has 0 amide bonds. The second kappa shape index (κ2) is 10.1. The van der Waals surface area contributed by atoms with Gasteiger partial charge in [-0.1, -0.05) is 66.2 Å². The molecule has 3 aromatic carbocycles. The minimum atomic E-state index is -3.97. The van der Waals surface area contributed by atoms with Crippen molar-refractivity contribution in [1.29, 1.82) is 0 Å². The van der Waals surface area contributed by atoms with E-state index < -0.39 is 15.7 Å². The molecule has 0 aliphatic heterocycles. The van der Waals surface area contributed by atoms with Gasteiger partial charge in [0, 0.05) is 34.8 Å². The van der Waals surface area contributed by atoms with Crippen LogP contribution in [0.15, 0.2) is 108 Å². The summed E-state index contributed by atoms with van der Waals surface area (Å²) in [5.41, 5.74) is 5.08. The van der Waals surface area contributed by atoms with Crippen LogP contribution in [0.2, 0.25) is 0 Å². The van der Waals surface area contributed by atoms with Gasteiger partial charge < -0.3 is 5.11 Å². The van der Waals surface area contributed by atoms with Crippen molar-refractivity contribution >= 4 is 26.5 Å². The number of aryl methyl sites for hydroxylation is 1. The summed E-state index contributed by atoms with van der Waals surface area (Å²) >= 11 is 0. The van der Waals surface area contributed by atoms with Crippen molar-refractivity contribution in [2.45, 2.75) is 36.2 Å². The molecule has 1 aliphatic rings. The van der Waals surface area contributed by atoms with Crippen LogP contribution in [0.1, 0.15) is 30.0 Å². The molecule has 0 saturated heterocycles. The molecule has 9 heteroatoms. The van der Waals surface area contributed by atoms with Crippen molar-refractivity contribution in [2.24, 2.45) is 0 Å². The van der Waals surface area contributed by atoms with Crippen LogP contribution in [0.25, 0.3) is 39.1 Å². The quantitative estimate of drug-likeness (QED) is 0.235. The number of benzene rings is 3. The lowest BCUT2D eigenvalue weighted by Gasteiger charge is -2.42. The van der Waals surface area contributed by atoms with Crippen molar-refractivity contribution < 1.29 is 17.7 Å². The molecule has 6 aromatic rings. The first-order valence-corrected chi connectivity index (χ1v) is 15.2. The second-order valence-corrected chi connectivity index (χ2v) is 12.6. The average molecular weight is 577 g/mol. The van der Waals surface area contributed by atoms with Crippen molar-refractivity contribution in [3.05, 3.63) is 115 Å². The van der Waals surface area contributed by atoms with Gasteiger partial charge in [-0.25, -0.2) is 9.97 Å². The van der Waals surface area contributed by atoms with Gasteiger partial charge in [0.1, 0.15) is 5.82 Å². The van der Waals surface area contributed by atoms with Crippen LogP contribution in [-0.2, 0) is 14.3 Å². The van der Waals surface area contributed by atoms with Crippen molar-refractivity contribution in [3.63, 3.8) is 0 Å². The SMILES string of the molecule is Cc1ccc(S(=O)(=O)OCC2(O)CC(c3nc(-c4ccc5ccc(-c6ccccc6)nc5c4)n4ccncc34)C2)cc1. The Morgan fingerprint density at radius 2 is 1.71 bits per heavy atom. The molecular formula is C33H28N4O4S. The van der Waals surface area contributed by atoms with E-state index >= 15 is 0 Å². The van der Waals surface area contributed by atoms with Gasteiger partial charge in [0.25, 0.3) is 10.1 Å². The van der Waals surface area contributed by atoms with Gasteiger partial charge in [0.05, 0.1) is 45.7 Å². The maximum absolute atomic E-state index is 12.6. The first-order chi connectivity index (χ1) is 20.3.